The van der Waals surface area contributed by atoms with Gasteiger partial charge in [-0.15, -0.1) is 0 Å². The summed E-state index contributed by atoms with van der Waals surface area (Å²) in [5.41, 5.74) is 1.54. The number of hydrogen-bond donors (Lipinski definition) is 2. The molecule has 0 radical (unpaired) electrons. The van der Waals surface area contributed by atoms with Crippen molar-refractivity contribution < 1.29 is 14.7 Å². The highest BCUT2D eigenvalue weighted by Crippen LogP contribution is 2.21. The summed E-state index contributed by atoms with van der Waals surface area (Å²) in [4.78, 5) is 23.7. The molecule has 1 heterocycles. The minimum atomic E-state index is -1.09. The minimum absolute atomic E-state index is 0.0465. The molecule has 5 heteroatoms. The highest BCUT2D eigenvalue weighted by Gasteiger charge is 2.14. The fraction of sp³-hybridized carbons (Fsp3) is 0. The molecule has 0 aliphatic carbocycles. The molecule has 1 aromatic heterocycles. The maximum absolute atomic E-state index is 12.3. The van der Waals surface area contributed by atoms with E-state index in [1.807, 2.05) is 35.2 Å². The van der Waals surface area contributed by atoms with Gasteiger partial charge < -0.3 is 15.0 Å². The van der Waals surface area contributed by atoms with Gasteiger partial charge in [0.25, 0.3) is 5.91 Å². The number of amides is 1. The summed E-state index contributed by atoms with van der Waals surface area (Å²) in [7, 11) is 0. The number of carboxylic acids is 1. The van der Waals surface area contributed by atoms with E-state index in [-0.39, 0.29) is 17.2 Å². The molecule has 0 saturated carbocycles. The number of carbonyl (C=O) groups is 2. The molecule has 0 aliphatic rings. The molecule has 3 rings (SSSR count). The Labute approximate surface area is 132 Å². The first-order valence-corrected chi connectivity index (χ1v) is 7.02. The van der Waals surface area contributed by atoms with E-state index in [2.05, 4.69) is 5.32 Å². The van der Waals surface area contributed by atoms with E-state index in [9.17, 15) is 14.7 Å². The molecule has 1 amide bonds. The maximum atomic E-state index is 12.3. The van der Waals surface area contributed by atoms with Crippen LogP contribution in [0.3, 0.4) is 0 Å². The minimum Gasteiger partial charge on any atom is -0.478 e. The Kier molecular flexibility index (Phi) is 3.93. The molecule has 0 fully saturated rings. The number of carboxylic acid groups (broad SMARTS) is 1. The topological polar surface area (TPSA) is 71.3 Å². The van der Waals surface area contributed by atoms with Crippen molar-refractivity contribution in [2.75, 3.05) is 5.32 Å². The smallest absolute Gasteiger partial charge is 0.337 e. The second-order valence-electron chi connectivity index (χ2n) is 4.95. The first-order valence-electron chi connectivity index (χ1n) is 7.02. The van der Waals surface area contributed by atoms with Crippen molar-refractivity contribution in [2.45, 2.75) is 0 Å². The molecule has 0 atom stereocenters. The van der Waals surface area contributed by atoms with Gasteiger partial charge in [0.15, 0.2) is 0 Å². The molecule has 114 valence electrons. The van der Waals surface area contributed by atoms with Gasteiger partial charge in [0.05, 0.1) is 11.3 Å². The second-order valence-corrected chi connectivity index (χ2v) is 4.95. The normalized spacial score (nSPS) is 10.3. The third kappa shape index (κ3) is 3.13. The summed E-state index contributed by atoms with van der Waals surface area (Å²) in [6, 6.07) is 17.2. The maximum Gasteiger partial charge on any atom is 0.337 e. The molecule has 2 aromatic carbocycles. The van der Waals surface area contributed by atoms with Crippen LogP contribution in [0.15, 0.2) is 73.1 Å². The standard InChI is InChI=1S/C18H14N2O3/c21-17(13-6-2-1-3-7-13)19-16-12-14(20-10-4-5-11-20)8-9-15(16)18(22)23/h1-12H,(H,19,21)(H,22,23). The molecular weight excluding hydrogens is 292 g/mol. The fourth-order valence-corrected chi connectivity index (χ4v) is 2.27. The Balaban J connectivity index is 1.97. The largest absolute Gasteiger partial charge is 0.478 e. The lowest BCUT2D eigenvalue weighted by atomic mass is 10.1. The monoisotopic (exact) mass is 306 g/mol. The fourth-order valence-electron chi connectivity index (χ4n) is 2.27. The summed E-state index contributed by atoms with van der Waals surface area (Å²) in [6.45, 7) is 0. The highest BCUT2D eigenvalue weighted by molar-refractivity contribution is 6.07. The van der Waals surface area contributed by atoms with Gasteiger partial charge in [-0.3, -0.25) is 4.79 Å². The SMILES string of the molecule is O=C(Nc1cc(-n2cccc2)ccc1C(=O)O)c1ccccc1. The van der Waals surface area contributed by atoms with Crippen LogP contribution in [0, 0.1) is 0 Å². The van der Waals surface area contributed by atoms with Gasteiger partial charge in [-0.2, -0.15) is 0 Å². The quantitative estimate of drug-likeness (QED) is 0.775. The molecule has 2 N–H and O–H groups in total. The van der Waals surface area contributed by atoms with Gasteiger partial charge >= 0.3 is 5.97 Å². The number of aromatic nitrogens is 1. The Bertz CT molecular complexity index is 840. The summed E-state index contributed by atoms with van der Waals surface area (Å²) in [5.74, 6) is -1.44. The van der Waals surface area contributed by atoms with Crippen molar-refractivity contribution in [3.05, 3.63) is 84.2 Å². The van der Waals surface area contributed by atoms with Gasteiger partial charge in [-0.1, -0.05) is 18.2 Å². The van der Waals surface area contributed by atoms with Crippen molar-refractivity contribution >= 4 is 17.6 Å². The van der Waals surface area contributed by atoms with Crippen molar-refractivity contribution in [3.63, 3.8) is 0 Å². The van der Waals surface area contributed by atoms with Crippen molar-refractivity contribution in [1.82, 2.24) is 4.57 Å². The van der Waals surface area contributed by atoms with Gasteiger partial charge in [0.1, 0.15) is 0 Å². The summed E-state index contributed by atoms with van der Waals surface area (Å²) >= 11 is 0. The van der Waals surface area contributed by atoms with Crippen LogP contribution in [0.2, 0.25) is 0 Å². The Morgan fingerprint density at radius 2 is 1.61 bits per heavy atom. The summed E-state index contributed by atoms with van der Waals surface area (Å²) < 4.78 is 1.84. The molecule has 5 nitrogen and oxygen atoms in total. The van der Waals surface area contributed by atoms with Crippen LogP contribution in [0.4, 0.5) is 5.69 Å². The number of benzene rings is 2. The summed E-state index contributed by atoms with van der Waals surface area (Å²) in [6.07, 6.45) is 3.69. The van der Waals surface area contributed by atoms with Crippen molar-refractivity contribution in [3.8, 4) is 5.69 Å². The number of hydrogen-bond acceptors (Lipinski definition) is 2. The Hall–Kier alpha value is -3.34. The van der Waals surface area contributed by atoms with Gasteiger partial charge in [-0.25, -0.2) is 4.79 Å². The van der Waals surface area contributed by atoms with Gasteiger partial charge in [0, 0.05) is 23.6 Å². The molecular formula is C18H14N2O3. The van der Waals surface area contributed by atoms with Crippen LogP contribution in [-0.4, -0.2) is 21.6 Å². The Morgan fingerprint density at radius 3 is 2.26 bits per heavy atom. The lowest BCUT2D eigenvalue weighted by molar-refractivity contribution is 0.0698. The summed E-state index contributed by atoms with van der Waals surface area (Å²) in [5, 5.41) is 12.0. The van der Waals surface area contributed by atoms with Gasteiger partial charge in [-0.05, 0) is 42.5 Å². The first-order chi connectivity index (χ1) is 11.1. The zero-order valence-electron chi connectivity index (χ0n) is 12.1. The molecule has 3 aromatic rings. The predicted molar refractivity (Wildman–Crippen MR) is 87.1 cm³/mol. The van der Waals surface area contributed by atoms with Gasteiger partial charge in [0.2, 0.25) is 0 Å². The Morgan fingerprint density at radius 1 is 0.913 bits per heavy atom. The average Bonchev–Trinajstić information content (AvgIpc) is 3.10. The van der Waals surface area contributed by atoms with E-state index in [4.69, 9.17) is 0 Å². The third-order valence-corrected chi connectivity index (χ3v) is 3.42. The first kappa shape index (κ1) is 14.6. The molecule has 23 heavy (non-hydrogen) atoms. The number of aromatic carboxylic acids is 1. The second kappa shape index (κ2) is 6.19. The van der Waals surface area contributed by atoms with E-state index in [1.54, 1.807) is 36.4 Å². The van der Waals surface area contributed by atoms with Crippen molar-refractivity contribution in [1.29, 1.82) is 0 Å². The lowest BCUT2D eigenvalue weighted by Crippen LogP contribution is -2.15. The molecule has 0 saturated heterocycles. The molecule has 0 spiro atoms. The zero-order chi connectivity index (χ0) is 16.2. The molecule has 0 aliphatic heterocycles. The number of nitrogens with zero attached hydrogens (tertiary/aromatic N) is 1. The van der Waals surface area contributed by atoms with E-state index in [0.29, 0.717) is 5.56 Å². The van der Waals surface area contributed by atoms with E-state index < -0.39 is 5.97 Å². The van der Waals surface area contributed by atoms with Crippen LogP contribution in [0.1, 0.15) is 20.7 Å². The molecule has 0 bridgehead atoms. The predicted octanol–water partition coefficient (Wildman–Crippen LogP) is 3.43. The lowest BCUT2D eigenvalue weighted by Gasteiger charge is -2.11. The molecule has 0 unspecified atom stereocenters. The third-order valence-electron chi connectivity index (χ3n) is 3.42. The van der Waals surface area contributed by atoms with Crippen LogP contribution >= 0.6 is 0 Å². The number of anilines is 1. The highest BCUT2D eigenvalue weighted by atomic mass is 16.4. The van der Waals surface area contributed by atoms with E-state index in [0.717, 1.165) is 5.69 Å². The zero-order valence-corrected chi connectivity index (χ0v) is 12.1. The van der Waals surface area contributed by atoms with Crippen LogP contribution in [0.25, 0.3) is 5.69 Å². The van der Waals surface area contributed by atoms with Crippen LogP contribution < -0.4 is 5.32 Å². The van der Waals surface area contributed by atoms with Crippen LogP contribution in [0.5, 0.6) is 0 Å². The number of nitrogens with one attached hydrogen (secondary N) is 1. The number of carbonyl (C=O) groups excluding carboxylic acids is 1. The van der Waals surface area contributed by atoms with Crippen molar-refractivity contribution in [2.24, 2.45) is 0 Å². The van der Waals surface area contributed by atoms with E-state index in [1.165, 1.54) is 6.07 Å². The average molecular weight is 306 g/mol. The van der Waals surface area contributed by atoms with E-state index >= 15 is 0 Å². The number of rotatable bonds is 4. The van der Waals surface area contributed by atoms with Crippen LogP contribution in [-0.2, 0) is 0 Å².